The second-order valence-corrected chi connectivity index (χ2v) is 8.34. The van der Waals surface area contributed by atoms with Gasteiger partial charge in [-0.25, -0.2) is 0 Å². The minimum absolute atomic E-state index is 0.0446. The van der Waals surface area contributed by atoms with Gasteiger partial charge in [-0.05, 0) is 61.5 Å². The van der Waals surface area contributed by atoms with Crippen LogP contribution in [0.4, 0.5) is 0 Å². The molecule has 2 fully saturated rings. The summed E-state index contributed by atoms with van der Waals surface area (Å²) in [6.07, 6.45) is 5.74. The lowest BCUT2D eigenvalue weighted by molar-refractivity contribution is -0.122. The van der Waals surface area contributed by atoms with E-state index in [0.29, 0.717) is 41.8 Å². The van der Waals surface area contributed by atoms with Crippen LogP contribution in [-0.2, 0) is 4.79 Å². The second-order valence-electron chi connectivity index (χ2n) is 8.34. The SMILES string of the molecule is O=C(CCCN1C(=O)c2cccc3cccc(c23)C1=O)NC(C1CC1)C1CC1. The Morgan fingerprint density at radius 1 is 0.964 bits per heavy atom. The molecule has 0 saturated heterocycles. The number of hydrogen-bond donors (Lipinski definition) is 1. The first kappa shape index (κ1) is 17.4. The van der Waals surface area contributed by atoms with Crippen molar-refractivity contribution in [3.8, 4) is 0 Å². The van der Waals surface area contributed by atoms with E-state index in [1.807, 2.05) is 24.3 Å². The Labute approximate surface area is 164 Å². The van der Waals surface area contributed by atoms with E-state index in [0.717, 1.165) is 10.8 Å². The number of benzene rings is 2. The summed E-state index contributed by atoms with van der Waals surface area (Å²) in [5.41, 5.74) is 1.14. The number of carbonyl (C=O) groups is 3. The van der Waals surface area contributed by atoms with Gasteiger partial charge < -0.3 is 5.32 Å². The van der Waals surface area contributed by atoms with Gasteiger partial charge in [-0.1, -0.05) is 24.3 Å². The van der Waals surface area contributed by atoms with Crippen molar-refractivity contribution in [3.05, 3.63) is 47.5 Å². The molecule has 0 aromatic heterocycles. The molecule has 2 aliphatic carbocycles. The number of hydrogen-bond acceptors (Lipinski definition) is 3. The monoisotopic (exact) mass is 376 g/mol. The van der Waals surface area contributed by atoms with E-state index in [4.69, 9.17) is 0 Å². The summed E-state index contributed by atoms with van der Waals surface area (Å²) in [6.45, 7) is 0.271. The molecule has 2 aromatic rings. The average Bonchev–Trinajstić information content (AvgIpc) is 3.60. The van der Waals surface area contributed by atoms with Crippen LogP contribution in [0.5, 0.6) is 0 Å². The number of nitrogens with one attached hydrogen (secondary N) is 1. The van der Waals surface area contributed by atoms with Crippen LogP contribution in [0.15, 0.2) is 36.4 Å². The van der Waals surface area contributed by atoms with E-state index >= 15 is 0 Å². The van der Waals surface area contributed by atoms with Crippen molar-refractivity contribution in [2.24, 2.45) is 11.8 Å². The lowest BCUT2D eigenvalue weighted by atomic mass is 9.94. The maximum atomic E-state index is 12.9. The van der Waals surface area contributed by atoms with Crippen LogP contribution < -0.4 is 5.32 Å². The van der Waals surface area contributed by atoms with Crippen LogP contribution in [0.25, 0.3) is 10.8 Å². The smallest absolute Gasteiger partial charge is 0.261 e. The molecule has 0 bridgehead atoms. The highest BCUT2D eigenvalue weighted by atomic mass is 16.2. The predicted molar refractivity (Wildman–Crippen MR) is 106 cm³/mol. The van der Waals surface area contributed by atoms with Gasteiger partial charge in [-0.2, -0.15) is 0 Å². The number of amides is 3. The molecule has 2 aromatic carbocycles. The number of carbonyl (C=O) groups excluding carboxylic acids is 3. The summed E-state index contributed by atoms with van der Waals surface area (Å²) in [5.74, 6) is 0.854. The van der Waals surface area contributed by atoms with Crippen molar-refractivity contribution < 1.29 is 14.4 Å². The summed E-state index contributed by atoms with van der Waals surface area (Å²) in [4.78, 5) is 39.4. The Morgan fingerprint density at radius 3 is 2.07 bits per heavy atom. The minimum atomic E-state index is -0.261. The molecule has 5 nitrogen and oxygen atoms in total. The van der Waals surface area contributed by atoms with E-state index in [9.17, 15) is 14.4 Å². The molecule has 2 saturated carbocycles. The molecule has 144 valence electrons. The predicted octanol–water partition coefficient (Wildman–Crippen LogP) is 3.52. The molecular weight excluding hydrogens is 352 g/mol. The van der Waals surface area contributed by atoms with Crippen LogP contribution in [-0.4, -0.2) is 35.2 Å². The molecule has 3 amide bonds. The quantitative estimate of drug-likeness (QED) is 0.752. The van der Waals surface area contributed by atoms with Gasteiger partial charge in [-0.15, -0.1) is 0 Å². The van der Waals surface area contributed by atoms with Crippen molar-refractivity contribution in [1.29, 1.82) is 0 Å². The molecule has 5 rings (SSSR count). The molecule has 3 aliphatic rings. The van der Waals surface area contributed by atoms with Crippen LogP contribution in [0, 0.1) is 11.8 Å². The third-order valence-corrected chi connectivity index (χ3v) is 6.23. The normalized spacial score (nSPS) is 18.8. The summed E-state index contributed by atoms with van der Waals surface area (Å²) >= 11 is 0. The highest BCUT2D eigenvalue weighted by molar-refractivity contribution is 6.25. The van der Waals surface area contributed by atoms with Gasteiger partial charge >= 0.3 is 0 Å². The molecule has 1 aliphatic heterocycles. The second kappa shape index (κ2) is 6.73. The van der Waals surface area contributed by atoms with Crippen LogP contribution in [0.1, 0.15) is 59.2 Å². The molecule has 1 N–H and O–H groups in total. The van der Waals surface area contributed by atoms with Crippen LogP contribution in [0.3, 0.4) is 0 Å². The van der Waals surface area contributed by atoms with Gasteiger partial charge in [0.05, 0.1) is 0 Å². The lowest BCUT2D eigenvalue weighted by Crippen LogP contribution is -2.42. The maximum Gasteiger partial charge on any atom is 0.261 e. The number of nitrogens with zero attached hydrogens (tertiary/aromatic N) is 1. The highest BCUT2D eigenvalue weighted by Crippen LogP contribution is 2.44. The number of rotatable bonds is 7. The van der Waals surface area contributed by atoms with Gasteiger partial charge in [0.1, 0.15) is 0 Å². The van der Waals surface area contributed by atoms with Gasteiger partial charge in [0.2, 0.25) is 5.91 Å². The van der Waals surface area contributed by atoms with Crippen molar-refractivity contribution >= 4 is 28.5 Å². The van der Waals surface area contributed by atoms with Gasteiger partial charge in [0.25, 0.3) is 11.8 Å². The van der Waals surface area contributed by atoms with Gasteiger partial charge in [0, 0.05) is 35.5 Å². The molecule has 0 radical (unpaired) electrons. The Morgan fingerprint density at radius 2 is 1.54 bits per heavy atom. The maximum absolute atomic E-state index is 12.9. The van der Waals surface area contributed by atoms with E-state index in [1.54, 1.807) is 12.1 Å². The summed E-state index contributed by atoms with van der Waals surface area (Å²) < 4.78 is 0. The van der Waals surface area contributed by atoms with Crippen molar-refractivity contribution in [2.75, 3.05) is 6.54 Å². The Balaban J connectivity index is 1.24. The third kappa shape index (κ3) is 3.09. The standard InChI is InChI=1S/C23H24N2O3/c26-19(24-21(15-9-10-15)16-11-12-16)8-3-13-25-22(27)17-6-1-4-14-5-2-7-18(20(14)17)23(25)28/h1-2,4-7,15-16,21H,3,8-13H2,(H,24,26). The number of imide groups is 1. The topological polar surface area (TPSA) is 66.5 Å². The van der Waals surface area contributed by atoms with E-state index in [1.165, 1.54) is 30.6 Å². The van der Waals surface area contributed by atoms with E-state index in [2.05, 4.69) is 5.32 Å². The average molecular weight is 376 g/mol. The molecule has 1 heterocycles. The Hall–Kier alpha value is -2.69. The first-order valence-electron chi connectivity index (χ1n) is 10.3. The largest absolute Gasteiger partial charge is 0.353 e. The van der Waals surface area contributed by atoms with Crippen molar-refractivity contribution in [2.45, 2.75) is 44.6 Å². The third-order valence-electron chi connectivity index (χ3n) is 6.23. The fourth-order valence-corrected chi connectivity index (χ4v) is 4.47. The van der Waals surface area contributed by atoms with Gasteiger partial charge in [0.15, 0.2) is 0 Å². The summed E-state index contributed by atoms with van der Waals surface area (Å²) in [6, 6.07) is 11.4. The molecule has 0 atom stereocenters. The zero-order valence-corrected chi connectivity index (χ0v) is 15.8. The molecule has 0 unspecified atom stereocenters. The zero-order chi connectivity index (χ0) is 19.3. The van der Waals surface area contributed by atoms with Crippen molar-refractivity contribution in [1.82, 2.24) is 10.2 Å². The first-order valence-corrected chi connectivity index (χ1v) is 10.3. The van der Waals surface area contributed by atoms with Crippen molar-refractivity contribution in [3.63, 3.8) is 0 Å². The Bertz CT molecular complexity index is 912. The van der Waals surface area contributed by atoms with E-state index in [-0.39, 0.29) is 24.3 Å². The molecule has 5 heteroatoms. The summed E-state index contributed by atoms with van der Waals surface area (Å²) in [5, 5.41) is 4.85. The molecule has 0 spiro atoms. The molecular formula is C23H24N2O3. The zero-order valence-electron chi connectivity index (χ0n) is 15.8. The lowest BCUT2D eigenvalue weighted by Gasteiger charge is -2.27. The fraction of sp³-hybridized carbons (Fsp3) is 0.435. The summed E-state index contributed by atoms with van der Waals surface area (Å²) in [7, 11) is 0. The molecule has 28 heavy (non-hydrogen) atoms. The first-order chi connectivity index (χ1) is 13.6. The van der Waals surface area contributed by atoms with Gasteiger partial charge in [-0.3, -0.25) is 19.3 Å². The van der Waals surface area contributed by atoms with Crippen LogP contribution >= 0.6 is 0 Å². The Kier molecular flexibility index (Phi) is 4.18. The van der Waals surface area contributed by atoms with E-state index < -0.39 is 0 Å². The fourth-order valence-electron chi connectivity index (χ4n) is 4.47. The highest BCUT2D eigenvalue weighted by Gasteiger charge is 2.42. The van der Waals surface area contributed by atoms with Crippen LogP contribution in [0.2, 0.25) is 0 Å². The minimum Gasteiger partial charge on any atom is -0.353 e.